The van der Waals surface area contributed by atoms with Crippen LogP contribution in [-0.2, 0) is 11.3 Å². The van der Waals surface area contributed by atoms with Gasteiger partial charge in [0, 0.05) is 28.6 Å². The Morgan fingerprint density at radius 2 is 2.00 bits per heavy atom. The second kappa shape index (κ2) is 8.49. The summed E-state index contributed by atoms with van der Waals surface area (Å²) in [5.74, 6) is 0.854. The van der Waals surface area contributed by atoms with Crippen molar-refractivity contribution in [2.24, 2.45) is 11.1 Å². The van der Waals surface area contributed by atoms with E-state index >= 15 is 0 Å². The molecule has 0 bridgehead atoms. The molecule has 0 saturated heterocycles. The van der Waals surface area contributed by atoms with Crippen molar-refractivity contribution in [1.82, 2.24) is 10.3 Å². The summed E-state index contributed by atoms with van der Waals surface area (Å²) in [5, 5.41) is 3.66. The Hall–Kier alpha value is -2.12. The molecule has 1 aliphatic carbocycles. The number of amides is 1. The first kappa shape index (κ1) is 20.6. The highest BCUT2D eigenvalue weighted by Crippen LogP contribution is 2.40. The number of aromatic nitrogens is 1. The van der Waals surface area contributed by atoms with E-state index in [0.29, 0.717) is 19.7 Å². The van der Waals surface area contributed by atoms with Gasteiger partial charge in [0.1, 0.15) is 16.4 Å². The molecule has 0 atom stereocenters. The molecule has 7 heteroatoms. The zero-order valence-electron chi connectivity index (χ0n) is 16.8. The summed E-state index contributed by atoms with van der Waals surface area (Å²) in [6.07, 6.45) is 4.91. The number of carbonyl (C=O) groups is 1. The van der Waals surface area contributed by atoms with Crippen LogP contribution in [0.4, 0.5) is 4.79 Å². The molecular weight excluding hydrogens is 374 g/mol. The van der Waals surface area contributed by atoms with E-state index in [1.807, 2.05) is 45.0 Å². The first-order valence-corrected chi connectivity index (χ1v) is 10.5. The quantitative estimate of drug-likeness (QED) is 0.718. The van der Waals surface area contributed by atoms with Crippen LogP contribution in [0.3, 0.4) is 0 Å². The lowest BCUT2D eigenvalue weighted by Crippen LogP contribution is -2.42. The molecule has 3 rings (SSSR count). The van der Waals surface area contributed by atoms with Crippen LogP contribution >= 0.6 is 11.3 Å². The van der Waals surface area contributed by atoms with Gasteiger partial charge in [-0.1, -0.05) is 6.42 Å². The van der Waals surface area contributed by atoms with Gasteiger partial charge in [-0.15, -0.1) is 11.3 Å². The monoisotopic (exact) mass is 403 g/mol. The fourth-order valence-corrected chi connectivity index (χ4v) is 3.87. The molecule has 2 aromatic rings. The lowest BCUT2D eigenvalue weighted by atomic mass is 9.69. The molecule has 1 fully saturated rings. The first-order chi connectivity index (χ1) is 13.3. The van der Waals surface area contributed by atoms with Gasteiger partial charge >= 0.3 is 6.09 Å². The number of carbonyl (C=O) groups excluding carboxylic acids is 1. The van der Waals surface area contributed by atoms with Crippen molar-refractivity contribution in [3.05, 3.63) is 35.3 Å². The summed E-state index contributed by atoms with van der Waals surface area (Å²) >= 11 is 1.55. The molecule has 0 aliphatic heterocycles. The van der Waals surface area contributed by atoms with Crippen molar-refractivity contribution in [2.45, 2.75) is 52.2 Å². The third-order valence-electron chi connectivity index (χ3n) is 4.85. The van der Waals surface area contributed by atoms with Gasteiger partial charge in [-0.2, -0.15) is 0 Å². The van der Waals surface area contributed by atoms with Crippen LogP contribution in [0.5, 0.6) is 5.75 Å². The average Bonchev–Trinajstić information content (AvgIpc) is 3.07. The van der Waals surface area contributed by atoms with E-state index in [1.54, 1.807) is 17.5 Å². The number of nitrogens with zero attached hydrogens (tertiary/aromatic N) is 1. The molecule has 1 aliphatic rings. The molecule has 0 radical (unpaired) electrons. The van der Waals surface area contributed by atoms with E-state index in [0.717, 1.165) is 34.0 Å². The molecule has 3 N–H and O–H groups in total. The van der Waals surface area contributed by atoms with Gasteiger partial charge in [-0.3, -0.25) is 0 Å². The van der Waals surface area contributed by atoms with Gasteiger partial charge in [0.15, 0.2) is 0 Å². The first-order valence-electron chi connectivity index (χ1n) is 9.63. The van der Waals surface area contributed by atoms with Gasteiger partial charge in [-0.25, -0.2) is 9.78 Å². The Morgan fingerprint density at radius 1 is 1.29 bits per heavy atom. The third kappa shape index (κ3) is 5.45. The lowest BCUT2D eigenvalue weighted by Gasteiger charge is -2.40. The average molecular weight is 404 g/mol. The van der Waals surface area contributed by atoms with Crippen LogP contribution in [-0.4, -0.2) is 29.8 Å². The van der Waals surface area contributed by atoms with Gasteiger partial charge in [0.05, 0.1) is 13.2 Å². The minimum Gasteiger partial charge on any atom is -0.493 e. The van der Waals surface area contributed by atoms with Crippen LogP contribution in [0.25, 0.3) is 10.6 Å². The second-order valence-corrected chi connectivity index (χ2v) is 9.47. The number of hydrogen-bond acceptors (Lipinski definition) is 6. The summed E-state index contributed by atoms with van der Waals surface area (Å²) in [6.45, 7) is 7.28. The fraction of sp³-hybridized carbons (Fsp3) is 0.524. The highest BCUT2D eigenvalue weighted by molar-refractivity contribution is 7.15. The summed E-state index contributed by atoms with van der Waals surface area (Å²) in [5.41, 5.74) is 6.58. The Bertz CT molecular complexity index is 786. The van der Waals surface area contributed by atoms with Gasteiger partial charge < -0.3 is 20.5 Å². The number of alkyl carbamates (subject to hydrolysis) is 1. The Morgan fingerprint density at radius 3 is 2.57 bits per heavy atom. The van der Waals surface area contributed by atoms with Gasteiger partial charge in [-0.05, 0) is 57.9 Å². The molecule has 0 spiro atoms. The molecule has 28 heavy (non-hydrogen) atoms. The molecule has 1 saturated carbocycles. The van der Waals surface area contributed by atoms with E-state index in [1.165, 1.54) is 6.42 Å². The molecule has 1 heterocycles. The van der Waals surface area contributed by atoms with Crippen LogP contribution in [0, 0.1) is 5.41 Å². The summed E-state index contributed by atoms with van der Waals surface area (Å²) in [4.78, 5) is 17.2. The number of benzene rings is 1. The lowest BCUT2D eigenvalue weighted by molar-refractivity contribution is 0.0524. The number of ether oxygens (including phenoxy) is 2. The highest BCUT2D eigenvalue weighted by Gasteiger charge is 2.36. The van der Waals surface area contributed by atoms with Crippen molar-refractivity contribution in [2.75, 3.05) is 13.2 Å². The summed E-state index contributed by atoms with van der Waals surface area (Å²) in [7, 11) is 0. The van der Waals surface area contributed by atoms with Crippen molar-refractivity contribution in [3.8, 4) is 16.3 Å². The summed E-state index contributed by atoms with van der Waals surface area (Å²) < 4.78 is 11.2. The maximum Gasteiger partial charge on any atom is 0.407 e. The number of rotatable bonds is 7. The normalized spacial score (nSPS) is 15.6. The van der Waals surface area contributed by atoms with Crippen LogP contribution in [0.15, 0.2) is 30.5 Å². The molecule has 1 aromatic carbocycles. The maximum absolute atomic E-state index is 11.8. The number of nitrogens with one attached hydrogen (secondary N) is 1. The van der Waals surface area contributed by atoms with Gasteiger partial charge in [0.2, 0.25) is 0 Å². The van der Waals surface area contributed by atoms with Crippen molar-refractivity contribution < 1.29 is 14.3 Å². The number of hydrogen-bond donors (Lipinski definition) is 2. The second-order valence-electron chi connectivity index (χ2n) is 8.36. The van der Waals surface area contributed by atoms with E-state index in [-0.39, 0.29) is 5.41 Å². The maximum atomic E-state index is 11.8. The molecule has 1 amide bonds. The standard InChI is InChI=1S/C21H29N3O3S/c1-20(2,3)27-19(25)24-12-17-11-23-18(28-17)15-5-7-16(8-6-15)26-14-21(13-22)9-4-10-21/h5-8,11H,4,9-10,12-14,22H2,1-3H3,(H,24,25). The number of thiazole rings is 1. The smallest absolute Gasteiger partial charge is 0.407 e. The largest absolute Gasteiger partial charge is 0.493 e. The van der Waals surface area contributed by atoms with E-state index < -0.39 is 11.7 Å². The predicted octanol–water partition coefficient (Wildman–Crippen LogP) is 4.34. The summed E-state index contributed by atoms with van der Waals surface area (Å²) in [6, 6.07) is 7.96. The Balaban J connectivity index is 1.52. The minimum atomic E-state index is -0.505. The van der Waals surface area contributed by atoms with E-state index in [9.17, 15) is 4.79 Å². The minimum absolute atomic E-state index is 0.171. The van der Waals surface area contributed by atoms with E-state index in [2.05, 4.69) is 10.3 Å². The van der Waals surface area contributed by atoms with Gasteiger partial charge in [0.25, 0.3) is 0 Å². The fourth-order valence-electron chi connectivity index (χ4n) is 3.01. The molecule has 0 unspecified atom stereocenters. The van der Waals surface area contributed by atoms with Crippen LogP contribution in [0.1, 0.15) is 44.9 Å². The molecular formula is C21H29N3O3S. The zero-order chi connectivity index (χ0) is 20.2. The topological polar surface area (TPSA) is 86.5 Å². The molecule has 6 nitrogen and oxygen atoms in total. The Labute approximate surface area is 170 Å². The van der Waals surface area contributed by atoms with Crippen molar-refractivity contribution in [3.63, 3.8) is 0 Å². The SMILES string of the molecule is CC(C)(C)OC(=O)NCc1cnc(-c2ccc(OCC3(CN)CCC3)cc2)s1. The van der Waals surface area contributed by atoms with Crippen LogP contribution < -0.4 is 15.8 Å². The zero-order valence-corrected chi connectivity index (χ0v) is 17.6. The van der Waals surface area contributed by atoms with Crippen molar-refractivity contribution >= 4 is 17.4 Å². The molecule has 152 valence electrons. The predicted molar refractivity (Wildman–Crippen MR) is 111 cm³/mol. The molecule has 1 aromatic heterocycles. The highest BCUT2D eigenvalue weighted by atomic mass is 32.1. The Kier molecular flexibility index (Phi) is 6.25. The number of nitrogens with two attached hydrogens (primary N) is 1. The van der Waals surface area contributed by atoms with E-state index in [4.69, 9.17) is 15.2 Å². The van der Waals surface area contributed by atoms with Crippen molar-refractivity contribution in [1.29, 1.82) is 0 Å². The third-order valence-corrected chi connectivity index (χ3v) is 5.90. The van der Waals surface area contributed by atoms with Crippen LogP contribution in [0.2, 0.25) is 0 Å².